The van der Waals surface area contributed by atoms with Crippen molar-refractivity contribution in [3.63, 3.8) is 0 Å². The molecule has 0 aliphatic carbocycles. The molecule has 0 saturated carbocycles. The molecule has 1 aromatic heterocycles. The molecular weight excluding hydrogens is 274 g/mol. The molecule has 2 fully saturated rings. The quantitative estimate of drug-likeness (QED) is 0.539. The third-order valence-corrected chi connectivity index (χ3v) is 3.92. The predicted molar refractivity (Wildman–Crippen MR) is 77.2 cm³/mol. The van der Waals surface area contributed by atoms with Gasteiger partial charge in [0.05, 0.1) is 20.3 Å². The molecule has 1 unspecified atom stereocenters. The Kier molecular flexibility index (Phi) is 4.32. The van der Waals surface area contributed by atoms with Gasteiger partial charge in [0, 0.05) is 32.2 Å². The normalized spacial score (nSPS) is 23.3. The molecule has 116 valence electrons. The Hall–Kier alpha value is -1.71. The number of nitrogens with zero attached hydrogens (tertiary/aromatic N) is 5. The van der Waals surface area contributed by atoms with Crippen LogP contribution in [-0.4, -0.2) is 72.4 Å². The second-order valence-electron chi connectivity index (χ2n) is 5.13. The van der Waals surface area contributed by atoms with Crippen molar-refractivity contribution in [2.45, 2.75) is 12.5 Å². The highest BCUT2D eigenvalue weighted by Crippen LogP contribution is 2.22. The third kappa shape index (κ3) is 3.14. The van der Waals surface area contributed by atoms with Crippen LogP contribution in [0.2, 0.25) is 0 Å². The number of aromatic nitrogens is 3. The van der Waals surface area contributed by atoms with Crippen molar-refractivity contribution >= 4 is 11.9 Å². The maximum atomic E-state index is 5.40. The lowest BCUT2D eigenvalue weighted by Crippen LogP contribution is -2.44. The highest BCUT2D eigenvalue weighted by atomic mass is 16.5. The van der Waals surface area contributed by atoms with E-state index in [4.69, 9.17) is 15.3 Å². The first-order valence-corrected chi connectivity index (χ1v) is 7.13. The largest absolute Gasteiger partial charge is 0.467 e. The molecule has 2 saturated heterocycles. The monoisotopic (exact) mass is 295 g/mol. The summed E-state index contributed by atoms with van der Waals surface area (Å²) in [5.41, 5.74) is 2.44. The van der Waals surface area contributed by atoms with Gasteiger partial charge in [0.1, 0.15) is 0 Å². The number of hydrogen-bond acceptors (Lipinski definition) is 9. The van der Waals surface area contributed by atoms with Gasteiger partial charge in [-0.1, -0.05) is 0 Å². The van der Waals surface area contributed by atoms with Crippen LogP contribution in [0.5, 0.6) is 6.01 Å². The second-order valence-corrected chi connectivity index (χ2v) is 5.13. The molecule has 1 aromatic rings. The summed E-state index contributed by atoms with van der Waals surface area (Å²) in [6.07, 6.45) is 1.10. The van der Waals surface area contributed by atoms with Gasteiger partial charge in [-0.3, -0.25) is 10.3 Å². The lowest BCUT2D eigenvalue weighted by molar-refractivity contribution is 0.0209. The van der Waals surface area contributed by atoms with E-state index >= 15 is 0 Å². The Balaban J connectivity index is 1.70. The smallest absolute Gasteiger partial charge is 0.322 e. The van der Waals surface area contributed by atoms with Gasteiger partial charge >= 0.3 is 6.01 Å². The molecule has 3 rings (SSSR count). The molecule has 9 heteroatoms. The van der Waals surface area contributed by atoms with Crippen LogP contribution in [0.15, 0.2) is 0 Å². The highest BCUT2D eigenvalue weighted by Gasteiger charge is 2.30. The molecule has 2 aliphatic heterocycles. The standard InChI is InChI=1S/C12H21N7O2/c1-20-12-15-10(17-13)14-11(16-12)19-3-2-9(8-19)18-4-6-21-7-5-18/h9H,2-8,13H2,1H3,(H,14,15,16,17). The topological polar surface area (TPSA) is 102 Å². The predicted octanol–water partition coefficient (Wildman–Crippen LogP) is -0.923. The Morgan fingerprint density at radius 3 is 2.76 bits per heavy atom. The molecule has 3 heterocycles. The minimum absolute atomic E-state index is 0.266. The fraction of sp³-hybridized carbons (Fsp3) is 0.750. The van der Waals surface area contributed by atoms with Crippen LogP contribution in [0.25, 0.3) is 0 Å². The molecule has 9 nitrogen and oxygen atoms in total. The molecule has 0 radical (unpaired) electrons. The van der Waals surface area contributed by atoms with E-state index in [0.29, 0.717) is 17.9 Å². The summed E-state index contributed by atoms with van der Waals surface area (Å²) in [5, 5.41) is 0. The number of rotatable bonds is 4. The average Bonchev–Trinajstić information content (AvgIpc) is 3.05. The lowest BCUT2D eigenvalue weighted by Gasteiger charge is -2.32. The molecule has 0 amide bonds. The number of nitrogens with one attached hydrogen (secondary N) is 1. The number of morpholine rings is 1. The summed E-state index contributed by atoms with van der Waals surface area (Å²) in [6, 6.07) is 0.786. The number of nitrogen functional groups attached to an aromatic ring is 1. The van der Waals surface area contributed by atoms with E-state index in [1.807, 2.05) is 0 Å². The molecule has 0 bridgehead atoms. The first-order valence-electron chi connectivity index (χ1n) is 7.13. The van der Waals surface area contributed by atoms with Gasteiger partial charge in [0.25, 0.3) is 0 Å². The van der Waals surface area contributed by atoms with E-state index in [2.05, 4.69) is 30.2 Å². The number of hydrazine groups is 1. The number of hydrogen-bond donors (Lipinski definition) is 2. The Labute approximate surface area is 123 Å². The summed E-state index contributed by atoms with van der Waals surface area (Å²) in [7, 11) is 1.53. The van der Waals surface area contributed by atoms with Crippen LogP contribution < -0.4 is 20.9 Å². The number of nitrogens with two attached hydrogens (primary N) is 1. The highest BCUT2D eigenvalue weighted by molar-refractivity contribution is 5.39. The fourth-order valence-electron chi connectivity index (χ4n) is 2.81. The Bertz CT molecular complexity index is 458. The SMILES string of the molecule is COc1nc(NN)nc(N2CCC(N3CCOCC3)C2)n1. The van der Waals surface area contributed by atoms with Crippen molar-refractivity contribution in [3.8, 4) is 6.01 Å². The molecule has 0 aromatic carbocycles. The molecular formula is C12H21N7O2. The number of ether oxygens (including phenoxy) is 2. The summed E-state index contributed by atoms with van der Waals surface area (Å²) in [5.74, 6) is 6.30. The van der Waals surface area contributed by atoms with E-state index in [-0.39, 0.29) is 6.01 Å². The van der Waals surface area contributed by atoms with Gasteiger partial charge in [-0.25, -0.2) is 5.84 Å². The first-order chi connectivity index (χ1) is 10.3. The Morgan fingerprint density at radius 2 is 2.05 bits per heavy atom. The molecule has 2 aliphatic rings. The summed E-state index contributed by atoms with van der Waals surface area (Å²) in [4.78, 5) is 17.2. The maximum absolute atomic E-state index is 5.40. The van der Waals surface area contributed by atoms with Crippen molar-refractivity contribution in [2.75, 3.05) is 56.8 Å². The van der Waals surface area contributed by atoms with Crippen LogP contribution >= 0.6 is 0 Å². The summed E-state index contributed by atoms with van der Waals surface area (Å²) in [6.45, 7) is 5.44. The van der Waals surface area contributed by atoms with Crippen molar-refractivity contribution < 1.29 is 9.47 Å². The van der Waals surface area contributed by atoms with Gasteiger partial charge < -0.3 is 14.4 Å². The van der Waals surface area contributed by atoms with Crippen molar-refractivity contribution in [3.05, 3.63) is 0 Å². The fourth-order valence-corrected chi connectivity index (χ4v) is 2.81. The summed E-state index contributed by atoms with van der Waals surface area (Å²) >= 11 is 0. The van der Waals surface area contributed by atoms with Crippen LogP contribution in [0.3, 0.4) is 0 Å². The van der Waals surface area contributed by atoms with Gasteiger partial charge in [0.15, 0.2) is 0 Å². The number of anilines is 2. The zero-order chi connectivity index (χ0) is 14.7. The van der Waals surface area contributed by atoms with Gasteiger partial charge in [-0.15, -0.1) is 0 Å². The average molecular weight is 295 g/mol. The second kappa shape index (κ2) is 6.37. The van der Waals surface area contributed by atoms with Crippen LogP contribution in [0, 0.1) is 0 Å². The van der Waals surface area contributed by atoms with Crippen molar-refractivity contribution in [1.82, 2.24) is 19.9 Å². The van der Waals surface area contributed by atoms with Crippen molar-refractivity contribution in [1.29, 1.82) is 0 Å². The van der Waals surface area contributed by atoms with E-state index < -0.39 is 0 Å². The molecule has 21 heavy (non-hydrogen) atoms. The maximum Gasteiger partial charge on any atom is 0.322 e. The van der Waals surface area contributed by atoms with Crippen molar-refractivity contribution in [2.24, 2.45) is 5.84 Å². The molecule has 0 spiro atoms. The molecule has 3 N–H and O–H groups in total. The molecule has 1 atom stereocenters. The number of methoxy groups -OCH3 is 1. The minimum Gasteiger partial charge on any atom is -0.467 e. The van der Waals surface area contributed by atoms with E-state index in [0.717, 1.165) is 45.8 Å². The minimum atomic E-state index is 0.266. The zero-order valence-corrected chi connectivity index (χ0v) is 12.2. The van der Waals surface area contributed by atoms with Gasteiger partial charge in [0.2, 0.25) is 11.9 Å². The first kappa shape index (κ1) is 14.2. The van der Waals surface area contributed by atoms with Crippen LogP contribution in [0.4, 0.5) is 11.9 Å². The zero-order valence-electron chi connectivity index (χ0n) is 12.2. The van der Waals surface area contributed by atoms with Gasteiger partial charge in [-0.05, 0) is 6.42 Å². The van der Waals surface area contributed by atoms with E-state index in [1.165, 1.54) is 7.11 Å². The lowest BCUT2D eigenvalue weighted by atomic mass is 10.2. The Morgan fingerprint density at radius 1 is 1.24 bits per heavy atom. The van der Waals surface area contributed by atoms with Crippen LogP contribution in [-0.2, 0) is 4.74 Å². The third-order valence-electron chi connectivity index (χ3n) is 3.92. The summed E-state index contributed by atoms with van der Waals surface area (Å²) < 4.78 is 10.5. The van der Waals surface area contributed by atoms with E-state index in [9.17, 15) is 0 Å². The van der Waals surface area contributed by atoms with E-state index in [1.54, 1.807) is 0 Å². The van der Waals surface area contributed by atoms with Gasteiger partial charge in [-0.2, -0.15) is 15.0 Å². The van der Waals surface area contributed by atoms with Crippen LogP contribution in [0.1, 0.15) is 6.42 Å².